The van der Waals surface area contributed by atoms with Gasteiger partial charge in [-0.25, -0.2) is 0 Å². The van der Waals surface area contributed by atoms with Gasteiger partial charge in [-0.1, -0.05) is 25.0 Å². The van der Waals surface area contributed by atoms with Gasteiger partial charge in [0.1, 0.15) is 5.75 Å². The van der Waals surface area contributed by atoms with Crippen molar-refractivity contribution in [1.82, 2.24) is 5.32 Å². The molecule has 0 aromatic heterocycles. The molecule has 0 radical (unpaired) electrons. The summed E-state index contributed by atoms with van der Waals surface area (Å²) >= 11 is 0. The van der Waals surface area contributed by atoms with Crippen molar-refractivity contribution < 1.29 is 5.11 Å². The number of benzene rings is 1. The predicted molar refractivity (Wildman–Crippen MR) is 66.4 cm³/mol. The monoisotopic (exact) mass is 219 g/mol. The molecule has 1 aromatic rings. The van der Waals surface area contributed by atoms with Gasteiger partial charge >= 0.3 is 0 Å². The molecular formula is C14H21NO. The van der Waals surface area contributed by atoms with Crippen LogP contribution in [0, 0.1) is 5.92 Å². The van der Waals surface area contributed by atoms with Gasteiger partial charge in [0.2, 0.25) is 0 Å². The van der Waals surface area contributed by atoms with Gasteiger partial charge in [-0.05, 0) is 43.4 Å². The fourth-order valence-corrected chi connectivity index (χ4v) is 2.52. The first-order chi connectivity index (χ1) is 7.75. The van der Waals surface area contributed by atoms with E-state index in [0.717, 1.165) is 12.5 Å². The van der Waals surface area contributed by atoms with Gasteiger partial charge in [0, 0.05) is 12.6 Å². The number of aromatic hydroxyl groups is 1. The van der Waals surface area contributed by atoms with Crippen molar-refractivity contribution >= 4 is 0 Å². The first-order valence-electron chi connectivity index (χ1n) is 6.27. The molecule has 0 bridgehead atoms. The van der Waals surface area contributed by atoms with E-state index < -0.39 is 0 Å². The van der Waals surface area contributed by atoms with Crippen molar-refractivity contribution in [2.75, 3.05) is 0 Å². The third kappa shape index (κ3) is 2.99. The molecule has 1 aliphatic carbocycles. The van der Waals surface area contributed by atoms with Crippen molar-refractivity contribution in [3.63, 3.8) is 0 Å². The van der Waals surface area contributed by atoms with Crippen LogP contribution in [-0.4, -0.2) is 11.1 Å². The van der Waals surface area contributed by atoms with E-state index in [9.17, 15) is 5.11 Å². The summed E-state index contributed by atoms with van der Waals surface area (Å²) in [6.07, 6.45) is 5.55. The number of hydrogen-bond acceptors (Lipinski definition) is 2. The van der Waals surface area contributed by atoms with Crippen molar-refractivity contribution in [2.45, 2.75) is 45.2 Å². The highest BCUT2D eigenvalue weighted by molar-refractivity contribution is 5.25. The van der Waals surface area contributed by atoms with Crippen LogP contribution >= 0.6 is 0 Å². The maximum absolute atomic E-state index is 9.19. The molecule has 1 aromatic carbocycles. The molecule has 16 heavy (non-hydrogen) atoms. The molecule has 0 heterocycles. The molecule has 1 atom stereocenters. The van der Waals surface area contributed by atoms with Crippen molar-refractivity contribution in [3.05, 3.63) is 29.8 Å². The fourth-order valence-electron chi connectivity index (χ4n) is 2.52. The first-order valence-corrected chi connectivity index (χ1v) is 6.27. The van der Waals surface area contributed by atoms with Crippen LogP contribution in [0.4, 0.5) is 0 Å². The minimum atomic E-state index is 0.340. The quantitative estimate of drug-likeness (QED) is 0.815. The summed E-state index contributed by atoms with van der Waals surface area (Å²) in [5, 5.41) is 12.8. The summed E-state index contributed by atoms with van der Waals surface area (Å²) in [7, 11) is 0. The summed E-state index contributed by atoms with van der Waals surface area (Å²) < 4.78 is 0. The van der Waals surface area contributed by atoms with Crippen LogP contribution in [0.25, 0.3) is 0 Å². The Bertz CT molecular complexity index is 314. The minimum absolute atomic E-state index is 0.340. The maximum Gasteiger partial charge on any atom is 0.115 e. The lowest BCUT2D eigenvalue weighted by Gasteiger charge is -2.20. The average Bonchev–Trinajstić information content (AvgIpc) is 2.81. The molecule has 1 saturated carbocycles. The van der Waals surface area contributed by atoms with Crippen LogP contribution in [-0.2, 0) is 6.54 Å². The topological polar surface area (TPSA) is 32.3 Å². The number of rotatable bonds is 4. The van der Waals surface area contributed by atoms with E-state index in [1.165, 1.54) is 31.2 Å². The van der Waals surface area contributed by atoms with Gasteiger partial charge in [-0.3, -0.25) is 0 Å². The van der Waals surface area contributed by atoms with Crippen LogP contribution < -0.4 is 5.32 Å². The molecule has 0 unspecified atom stereocenters. The molecule has 88 valence electrons. The molecule has 2 nitrogen and oxygen atoms in total. The molecule has 0 saturated heterocycles. The lowest BCUT2D eigenvalue weighted by atomic mass is 9.99. The number of phenolic OH excluding ortho intramolecular Hbond substituents is 1. The van der Waals surface area contributed by atoms with E-state index in [1.807, 2.05) is 12.1 Å². The molecular weight excluding hydrogens is 198 g/mol. The second-order valence-electron chi connectivity index (χ2n) is 4.88. The zero-order chi connectivity index (χ0) is 11.4. The summed E-state index contributed by atoms with van der Waals surface area (Å²) in [4.78, 5) is 0. The molecule has 2 rings (SSSR count). The third-order valence-electron chi connectivity index (χ3n) is 3.67. The van der Waals surface area contributed by atoms with E-state index in [2.05, 4.69) is 12.2 Å². The molecule has 1 aliphatic rings. The molecule has 2 heteroatoms. The average molecular weight is 219 g/mol. The number of nitrogens with one attached hydrogen (secondary N) is 1. The van der Waals surface area contributed by atoms with Crippen molar-refractivity contribution in [3.8, 4) is 5.75 Å². The summed E-state index contributed by atoms with van der Waals surface area (Å²) in [5.41, 5.74) is 1.24. The second kappa shape index (κ2) is 5.35. The van der Waals surface area contributed by atoms with Gasteiger partial charge in [-0.2, -0.15) is 0 Å². The Morgan fingerprint density at radius 2 is 1.88 bits per heavy atom. The number of phenols is 1. The van der Waals surface area contributed by atoms with Gasteiger partial charge in [0.05, 0.1) is 0 Å². The zero-order valence-corrected chi connectivity index (χ0v) is 9.95. The van der Waals surface area contributed by atoms with Crippen LogP contribution in [0.15, 0.2) is 24.3 Å². The van der Waals surface area contributed by atoms with Crippen LogP contribution in [0.1, 0.15) is 38.2 Å². The van der Waals surface area contributed by atoms with Gasteiger partial charge in [-0.15, -0.1) is 0 Å². The summed E-state index contributed by atoms with van der Waals surface area (Å²) in [5.74, 6) is 1.20. The molecule has 0 amide bonds. The first kappa shape index (κ1) is 11.5. The SMILES string of the molecule is C[C@@H](NCc1ccc(O)cc1)C1CCCC1. The Balaban J connectivity index is 1.80. The van der Waals surface area contributed by atoms with Gasteiger partial charge in [0.15, 0.2) is 0 Å². The minimum Gasteiger partial charge on any atom is -0.508 e. The Morgan fingerprint density at radius 3 is 2.50 bits per heavy atom. The van der Waals surface area contributed by atoms with E-state index >= 15 is 0 Å². The number of hydrogen-bond donors (Lipinski definition) is 2. The van der Waals surface area contributed by atoms with Crippen LogP contribution in [0.5, 0.6) is 5.75 Å². The Labute approximate surface area is 97.7 Å². The smallest absolute Gasteiger partial charge is 0.115 e. The fraction of sp³-hybridized carbons (Fsp3) is 0.571. The third-order valence-corrected chi connectivity index (χ3v) is 3.67. The second-order valence-corrected chi connectivity index (χ2v) is 4.88. The van der Waals surface area contributed by atoms with E-state index in [0.29, 0.717) is 11.8 Å². The standard InChI is InChI=1S/C14H21NO/c1-11(13-4-2-3-5-13)15-10-12-6-8-14(16)9-7-12/h6-9,11,13,15-16H,2-5,10H2,1H3/t11-/m1/s1. The van der Waals surface area contributed by atoms with E-state index in [1.54, 1.807) is 12.1 Å². The zero-order valence-electron chi connectivity index (χ0n) is 9.95. The van der Waals surface area contributed by atoms with E-state index in [-0.39, 0.29) is 0 Å². The molecule has 2 N–H and O–H groups in total. The van der Waals surface area contributed by atoms with Crippen molar-refractivity contribution in [2.24, 2.45) is 5.92 Å². The Morgan fingerprint density at radius 1 is 1.25 bits per heavy atom. The predicted octanol–water partition coefficient (Wildman–Crippen LogP) is 3.06. The van der Waals surface area contributed by atoms with Gasteiger partial charge in [0.25, 0.3) is 0 Å². The lowest BCUT2D eigenvalue weighted by molar-refractivity contribution is 0.380. The largest absolute Gasteiger partial charge is 0.508 e. The van der Waals surface area contributed by atoms with Crippen LogP contribution in [0.3, 0.4) is 0 Å². The van der Waals surface area contributed by atoms with Gasteiger partial charge < -0.3 is 10.4 Å². The van der Waals surface area contributed by atoms with E-state index in [4.69, 9.17) is 0 Å². The highest BCUT2D eigenvalue weighted by Gasteiger charge is 2.20. The molecule has 1 fully saturated rings. The highest BCUT2D eigenvalue weighted by Crippen LogP contribution is 2.27. The lowest BCUT2D eigenvalue weighted by Crippen LogP contribution is -2.31. The Hall–Kier alpha value is -1.02. The summed E-state index contributed by atoms with van der Waals surface area (Å²) in [6, 6.07) is 8.05. The molecule has 0 aliphatic heterocycles. The molecule has 0 spiro atoms. The summed E-state index contributed by atoms with van der Waals surface area (Å²) in [6.45, 7) is 3.19. The van der Waals surface area contributed by atoms with Crippen LogP contribution in [0.2, 0.25) is 0 Å². The normalized spacial score (nSPS) is 18.8. The highest BCUT2D eigenvalue weighted by atomic mass is 16.3. The van der Waals surface area contributed by atoms with Crippen molar-refractivity contribution in [1.29, 1.82) is 0 Å². The Kier molecular flexibility index (Phi) is 3.83. The maximum atomic E-state index is 9.19.